The highest BCUT2D eigenvalue weighted by Crippen LogP contribution is 2.43. The highest BCUT2D eigenvalue weighted by Gasteiger charge is 2.44. The number of nitrogens with one attached hydrogen (secondary N) is 1. The minimum Gasteiger partial charge on any atom is -0.480 e. The summed E-state index contributed by atoms with van der Waals surface area (Å²) in [6.07, 6.45) is 1.51. The molecule has 128 valence electrons. The Bertz CT molecular complexity index is 892. The number of fused-ring (bicyclic) bond motifs is 5. The van der Waals surface area contributed by atoms with E-state index in [4.69, 9.17) is 5.11 Å². The number of nitrogens with zero attached hydrogens (tertiary/aromatic N) is 1. The monoisotopic (exact) mass is 338 g/mol. The first kappa shape index (κ1) is 15.6. The minimum atomic E-state index is -1.10. The molecule has 0 bridgehead atoms. The van der Waals surface area contributed by atoms with Crippen LogP contribution in [0.2, 0.25) is 0 Å². The molecular formula is C19H18N2O4. The summed E-state index contributed by atoms with van der Waals surface area (Å²) in [5.41, 5.74) is 2.19. The summed E-state index contributed by atoms with van der Waals surface area (Å²) in [4.78, 5) is 37.3. The Morgan fingerprint density at radius 3 is 2.80 bits per heavy atom. The van der Waals surface area contributed by atoms with Crippen LogP contribution in [0.3, 0.4) is 0 Å². The van der Waals surface area contributed by atoms with Crippen molar-refractivity contribution in [1.82, 2.24) is 10.2 Å². The van der Waals surface area contributed by atoms with Crippen LogP contribution in [-0.2, 0) is 20.8 Å². The molecule has 0 aromatic heterocycles. The summed E-state index contributed by atoms with van der Waals surface area (Å²) in [5.74, 6) is -1.54. The van der Waals surface area contributed by atoms with Crippen LogP contribution >= 0.6 is 0 Å². The molecule has 0 spiro atoms. The van der Waals surface area contributed by atoms with Crippen molar-refractivity contribution >= 4 is 28.6 Å². The molecule has 2 aromatic rings. The lowest BCUT2D eigenvalue weighted by molar-refractivity contribution is -0.142. The van der Waals surface area contributed by atoms with Gasteiger partial charge >= 0.3 is 5.97 Å². The summed E-state index contributed by atoms with van der Waals surface area (Å²) in [7, 11) is 0. The van der Waals surface area contributed by atoms with Crippen LogP contribution in [0.1, 0.15) is 30.0 Å². The molecule has 25 heavy (non-hydrogen) atoms. The van der Waals surface area contributed by atoms with Crippen LogP contribution in [0, 0.1) is 0 Å². The highest BCUT2D eigenvalue weighted by atomic mass is 16.4. The summed E-state index contributed by atoms with van der Waals surface area (Å²) in [6.45, 7) is -0.440. The number of benzene rings is 2. The molecular weight excluding hydrogens is 320 g/mol. The van der Waals surface area contributed by atoms with Crippen LogP contribution in [0.25, 0.3) is 10.8 Å². The lowest BCUT2D eigenvalue weighted by atomic mass is 9.85. The molecule has 2 heterocycles. The number of hydrogen-bond acceptors (Lipinski definition) is 3. The van der Waals surface area contributed by atoms with Crippen LogP contribution in [0.4, 0.5) is 0 Å². The van der Waals surface area contributed by atoms with Crippen LogP contribution in [0.15, 0.2) is 36.4 Å². The highest BCUT2D eigenvalue weighted by molar-refractivity contribution is 5.94. The van der Waals surface area contributed by atoms with E-state index in [9.17, 15) is 14.4 Å². The predicted molar refractivity (Wildman–Crippen MR) is 90.9 cm³/mol. The number of aliphatic carboxylic acids is 1. The Morgan fingerprint density at radius 1 is 1.20 bits per heavy atom. The minimum absolute atomic E-state index is 0.0423. The second kappa shape index (κ2) is 5.88. The Morgan fingerprint density at radius 2 is 2.00 bits per heavy atom. The van der Waals surface area contributed by atoms with Gasteiger partial charge in [-0.2, -0.15) is 0 Å². The molecule has 0 saturated carbocycles. The van der Waals surface area contributed by atoms with E-state index in [1.807, 2.05) is 24.3 Å². The van der Waals surface area contributed by atoms with Gasteiger partial charge in [0, 0.05) is 12.8 Å². The van der Waals surface area contributed by atoms with Crippen LogP contribution in [-0.4, -0.2) is 40.4 Å². The number of carbonyl (C=O) groups is 3. The third-order valence-electron chi connectivity index (χ3n) is 5.14. The van der Waals surface area contributed by atoms with Gasteiger partial charge in [-0.1, -0.05) is 36.4 Å². The maximum atomic E-state index is 12.6. The summed E-state index contributed by atoms with van der Waals surface area (Å²) >= 11 is 0. The zero-order chi connectivity index (χ0) is 17.6. The molecule has 1 saturated heterocycles. The molecule has 6 heteroatoms. The maximum Gasteiger partial charge on any atom is 0.322 e. The second-order valence-corrected chi connectivity index (χ2v) is 6.54. The first-order valence-electron chi connectivity index (χ1n) is 8.37. The molecule has 1 fully saturated rings. The topological polar surface area (TPSA) is 86.7 Å². The second-order valence-electron chi connectivity index (χ2n) is 6.54. The number of carboxylic acids is 1. The van der Waals surface area contributed by atoms with Crippen molar-refractivity contribution in [1.29, 1.82) is 0 Å². The first-order chi connectivity index (χ1) is 12.1. The van der Waals surface area contributed by atoms with Gasteiger partial charge in [0.25, 0.3) is 0 Å². The molecule has 0 unspecified atom stereocenters. The molecule has 2 N–H and O–H groups in total. The Labute approximate surface area is 144 Å². The molecule has 0 aliphatic carbocycles. The molecule has 2 atom stereocenters. The van der Waals surface area contributed by atoms with Gasteiger partial charge in [0.05, 0.1) is 6.04 Å². The van der Waals surface area contributed by atoms with Crippen molar-refractivity contribution < 1.29 is 19.5 Å². The van der Waals surface area contributed by atoms with Gasteiger partial charge in [0.1, 0.15) is 12.6 Å². The fourth-order valence-electron chi connectivity index (χ4n) is 4.08. The van der Waals surface area contributed by atoms with Gasteiger partial charge in [-0.05, 0) is 28.3 Å². The van der Waals surface area contributed by atoms with E-state index in [1.54, 1.807) is 4.90 Å². The van der Waals surface area contributed by atoms with Gasteiger partial charge in [0.15, 0.2) is 0 Å². The van der Waals surface area contributed by atoms with E-state index < -0.39 is 24.5 Å². The summed E-state index contributed by atoms with van der Waals surface area (Å²) in [5, 5.41) is 13.4. The predicted octanol–water partition coefficient (Wildman–Crippen LogP) is 1.63. The Kier molecular flexibility index (Phi) is 3.67. The number of carbonyl (C=O) groups excluding carboxylic acids is 2. The van der Waals surface area contributed by atoms with Crippen molar-refractivity contribution in [3.63, 3.8) is 0 Å². The van der Waals surface area contributed by atoms with E-state index in [0.717, 1.165) is 21.9 Å². The summed E-state index contributed by atoms with van der Waals surface area (Å²) in [6, 6.07) is 11.3. The maximum absolute atomic E-state index is 12.6. The van der Waals surface area contributed by atoms with Gasteiger partial charge in [0.2, 0.25) is 11.8 Å². The van der Waals surface area contributed by atoms with Crippen molar-refractivity contribution in [3.05, 3.63) is 47.5 Å². The van der Waals surface area contributed by atoms with Crippen LogP contribution in [0.5, 0.6) is 0 Å². The molecule has 6 nitrogen and oxygen atoms in total. The molecule has 2 aliphatic rings. The van der Waals surface area contributed by atoms with Gasteiger partial charge in [-0.15, -0.1) is 0 Å². The number of rotatable bonds is 3. The van der Waals surface area contributed by atoms with E-state index in [1.165, 1.54) is 0 Å². The third kappa shape index (κ3) is 2.54. The lowest BCUT2D eigenvalue weighted by Gasteiger charge is -2.38. The first-order valence-corrected chi connectivity index (χ1v) is 8.37. The fourth-order valence-corrected chi connectivity index (χ4v) is 4.08. The van der Waals surface area contributed by atoms with E-state index >= 15 is 0 Å². The molecule has 2 aliphatic heterocycles. The third-order valence-corrected chi connectivity index (χ3v) is 5.14. The zero-order valence-electron chi connectivity index (χ0n) is 13.6. The fraction of sp³-hybridized carbons (Fsp3) is 0.316. The smallest absolute Gasteiger partial charge is 0.322 e. The van der Waals surface area contributed by atoms with Gasteiger partial charge in [-0.3, -0.25) is 14.4 Å². The van der Waals surface area contributed by atoms with Crippen molar-refractivity contribution in [3.8, 4) is 0 Å². The van der Waals surface area contributed by atoms with Crippen molar-refractivity contribution in [2.45, 2.75) is 31.3 Å². The molecule has 4 rings (SSSR count). The van der Waals surface area contributed by atoms with E-state index in [2.05, 4.69) is 17.4 Å². The zero-order valence-corrected chi connectivity index (χ0v) is 13.6. The van der Waals surface area contributed by atoms with Crippen LogP contribution < -0.4 is 5.32 Å². The van der Waals surface area contributed by atoms with Gasteiger partial charge in [-0.25, -0.2) is 0 Å². The Balaban J connectivity index is 1.78. The average molecular weight is 338 g/mol. The van der Waals surface area contributed by atoms with Gasteiger partial charge < -0.3 is 15.3 Å². The van der Waals surface area contributed by atoms with E-state index in [-0.39, 0.29) is 11.9 Å². The largest absolute Gasteiger partial charge is 0.480 e. The Hall–Kier alpha value is -2.89. The molecule has 0 radical (unpaired) electrons. The quantitative estimate of drug-likeness (QED) is 0.890. The SMILES string of the molecule is O=C(O)CNC(=O)[C@@H]1Cc2c(ccc3ccccc23)[C@H]2CCC(=O)N21. The normalized spacial score (nSPS) is 21.8. The number of amides is 2. The van der Waals surface area contributed by atoms with Crippen molar-refractivity contribution in [2.24, 2.45) is 0 Å². The molecule has 2 aromatic carbocycles. The lowest BCUT2D eigenvalue weighted by Crippen LogP contribution is -2.52. The standard InChI is InChI=1S/C19H18N2O4/c22-17-8-7-15-13-6-5-11-3-1-2-4-12(11)14(13)9-16(21(15)17)19(25)20-10-18(23)24/h1-6,15-16H,7-10H2,(H,20,25)(H,23,24)/t15-,16+/m1/s1. The van der Waals surface area contributed by atoms with E-state index in [0.29, 0.717) is 19.3 Å². The number of carboxylic acid groups (broad SMARTS) is 1. The number of hydrogen-bond donors (Lipinski definition) is 2. The average Bonchev–Trinajstić information content (AvgIpc) is 3.01. The summed E-state index contributed by atoms with van der Waals surface area (Å²) < 4.78 is 0. The van der Waals surface area contributed by atoms with Crippen molar-refractivity contribution in [2.75, 3.05) is 6.54 Å². The molecule has 2 amide bonds.